The van der Waals surface area contributed by atoms with Crippen molar-refractivity contribution in [2.24, 2.45) is 10.2 Å². The fourth-order valence-electron chi connectivity index (χ4n) is 3.38. The molecule has 4 N–H and O–H groups in total. The van der Waals surface area contributed by atoms with Gasteiger partial charge in [-0.2, -0.15) is 10.2 Å². The summed E-state index contributed by atoms with van der Waals surface area (Å²) in [5.74, 6) is -2.26. The first-order chi connectivity index (χ1) is 18.2. The summed E-state index contributed by atoms with van der Waals surface area (Å²) in [5, 5.41) is 14.2. The molecule has 2 aromatic carbocycles. The van der Waals surface area contributed by atoms with Gasteiger partial charge in [-0.3, -0.25) is 29.4 Å². The molecule has 0 radical (unpaired) electrons. The Morgan fingerprint density at radius 1 is 0.711 bits per heavy atom. The lowest BCUT2D eigenvalue weighted by Crippen LogP contribution is -2.35. The Balaban J connectivity index is 1.38. The van der Waals surface area contributed by atoms with Crippen molar-refractivity contribution >= 4 is 47.4 Å². The number of aryl methyl sites for hydroxylation is 2. The Hall–Kier alpha value is -4.68. The first kappa shape index (κ1) is 26.4. The Morgan fingerprint density at radius 2 is 1.05 bits per heavy atom. The van der Waals surface area contributed by atoms with E-state index in [9.17, 15) is 19.2 Å². The third kappa shape index (κ3) is 5.66. The SMILES string of the molecule is Cc1[nH]n(-c2ccc(Cl)cc2)c(=O)c1C=NNC(=O)C(=O)NN=Cc1c(C)[nH]n(-c2ccc(Cl)cc2)c1=O. The number of aromatic amines is 2. The number of benzene rings is 2. The molecular formula is C24H20Cl2N8O4. The summed E-state index contributed by atoms with van der Waals surface area (Å²) in [5.41, 5.74) is 5.67. The highest BCUT2D eigenvalue weighted by Crippen LogP contribution is 2.13. The number of H-pyrrole nitrogens is 2. The van der Waals surface area contributed by atoms with E-state index in [0.29, 0.717) is 32.8 Å². The fraction of sp³-hybridized carbons (Fsp3) is 0.0833. The minimum absolute atomic E-state index is 0.179. The van der Waals surface area contributed by atoms with Crippen molar-refractivity contribution in [2.75, 3.05) is 0 Å². The Labute approximate surface area is 224 Å². The zero-order chi connectivity index (χ0) is 27.4. The normalized spacial score (nSPS) is 11.4. The van der Waals surface area contributed by atoms with Crippen LogP contribution in [0.25, 0.3) is 11.4 Å². The summed E-state index contributed by atoms with van der Waals surface area (Å²) < 4.78 is 2.58. The average molecular weight is 555 g/mol. The van der Waals surface area contributed by atoms with Gasteiger partial charge in [0.1, 0.15) is 0 Å². The van der Waals surface area contributed by atoms with Gasteiger partial charge in [0.15, 0.2) is 0 Å². The van der Waals surface area contributed by atoms with Gasteiger partial charge in [0.25, 0.3) is 11.1 Å². The molecule has 2 heterocycles. The van der Waals surface area contributed by atoms with Crippen LogP contribution in [0, 0.1) is 13.8 Å². The Bertz CT molecular complexity index is 1550. The molecule has 0 aliphatic carbocycles. The van der Waals surface area contributed by atoms with Crippen LogP contribution in [0.3, 0.4) is 0 Å². The Kier molecular flexibility index (Phi) is 7.74. The zero-order valence-electron chi connectivity index (χ0n) is 20.0. The molecule has 0 atom stereocenters. The highest BCUT2D eigenvalue weighted by atomic mass is 35.5. The van der Waals surface area contributed by atoms with Crippen LogP contribution in [0.4, 0.5) is 0 Å². The van der Waals surface area contributed by atoms with Crippen molar-refractivity contribution in [3.8, 4) is 11.4 Å². The van der Waals surface area contributed by atoms with Gasteiger partial charge >= 0.3 is 11.8 Å². The van der Waals surface area contributed by atoms with Crippen LogP contribution in [-0.2, 0) is 9.59 Å². The number of hydrogen-bond acceptors (Lipinski definition) is 6. The van der Waals surface area contributed by atoms with Gasteiger partial charge < -0.3 is 0 Å². The van der Waals surface area contributed by atoms with Gasteiger partial charge in [-0.25, -0.2) is 20.2 Å². The molecule has 2 amide bonds. The number of nitrogens with zero attached hydrogens (tertiary/aromatic N) is 4. The quantitative estimate of drug-likeness (QED) is 0.163. The van der Waals surface area contributed by atoms with Crippen LogP contribution in [0.15, 0.2) is 68.3 Å². The molecule has 0 unspecified atom stereocenters. The molecule has 0 bridgehead atoms. The molecule has 2 aromatic heterocycles. The number of carbonyl (C=O) groups excluding carboxylic acids is 2. The largest absolute Gasteiger partial charge is 0.331 e. The second-order valence-electron chi connectivity index (χ2n) is 7.93. The molecule has 4 aromatic rings. The number of carbonyl (C=O) groups is 2. The zero-order valence-corrected chi connectivity index (χ0v) is 21.5. The van der Waals surface area contributed by atoms with Crippen LogP contribution >= 0.6 is 23.2 Å². The molecule has 14 heteroatoms. The third-order valence-electron chi connectivity index (χ3n) is 5.33. The highest BCUT2D eigenvalue weighted by Gasteiger charge is 2.15. The van der Waals surface area contributed by atoms with E-state index in [1.54, 1.807) is 62.4 Å². The third-order valence-corrected chi connectivity index (χ3v) is 5.83. The van der Waals surface area contributed by atoms with Crippen molar-refractivity contribution < 1.29 is 9.59 Å². The molecule has 38 heavy (non-hydrogen) atoms. The van der Waals surface area contributed by atoms with Gasteiger partial charge in [0, 0.05) is 21.4 Å². The van der Waals surface area contributed by atoms with Gasteiger partial charge in [-0.15, -0.1) is 0 Å². The van der Waals surface area contributed by atoms with Gasteiger partial charge in [-0.1, -0.05) is 23.2 Å². The molecule has 194 valence electrons. The smallest absolute Gasteiger partial charge is 0.295 e. The number of aromatic nitrogens is 4. The second-order valence-corrected chi connectivity index (χ2v) is 8.81. The lowest BCUT2D eigenvalue weighted by atomic mass is 10.3. The van der Waals surface area contributed by atoms with Crippen LogP contribution in [0.5, 0.6) is 0 Å². The average Bonchev–Trinajstić information content (AvgIpc) is 3.34. The first-order valence-corrected chi connectivity index (χ1v) is 11.7. The highest BCUT2D eigenvalue weighted by molar-refractivity contribution is 6.35. The molecule has 0 spiro atoms. The summed E-state index contributed by atoms with van der Waals surface area (Å²) in [4.78, 5) is 49.5. The van der Waals surface area contributed by atoms with E-state index in [0.717, 1.165) is 12.4 Å². The van der Waals surface area contributed by atoms with E-state index in [-0.39, 0.29) is 11.1 Å². The summed E-state index contributed by atoms with van der Waals surface area (Å²) in [6, 6.07) is 13.2. The number of nitrogens with one attached hydrogen (secondary N) is 4. The number of hydrazone groups is 2. The van der Waals surface area contributed by atoms with E-state index in [4.69, 9.17) is 23.2 Å². The van der Waals surface area contributed by atoms with Crippen LogP contribution < -0.4 is 22.0 Å². The lowest BCUT2D eigenvalue weighted by molar-refractivity contribution is -0.139. The molecule has 4 rings (SSSR count). The summed E-state index contributed by atoms with van der Waals surface area (Å²) in [6.45, 7) is 3.31. The van der Waals surface area contributed by atoms with E-state index < -0.39 is 22.9 Å². The lowest BCUT2D eigenvalue weighted by Gasteiger charge is -2.00. The molecule has 0 aliphatic rings. The van der Waals surface area contributed by atoms with Gasteiger partial charge in [-0.05, 0) is 62.4 Å². The first-order valence-electron chi connectivity index (χ1n) is 11.0. The van der Waals surface area contributed by atoms with Crippen molar-refractivity contribution in [2.45, 2.75) is 13.8 Å². The van der Waals surface area contributed by atoms with Gasteiger partial charge in [0.05, 0.1) is 34.9 Å². The fourth-order valence-corrected chi connectivity index (χ4v) is 3.63. The minimum Gasteiger partial charge on any atom is -0.295 e. The summed E-state index contributed by atoms with van der Waals surface area (Å²) in [6.07, 6.45) is 2.24. The topological polar surface area (TPSA) is 158 Å². The standard InChI is InChI=1S/C24H20Cl2N8O4/c1-13-19(23(37)33(31-13)17-7-3-15(25)4-8-17)11-27-29-21(35)22(36)30-28-12-20-14(2)32-34(24(20)38)18-9-5-16(26)6-10-18/h3-12,31-32H,1-2H3,(H,29,35)(H,30,36). The number of rotatable bonds is 6. The number of amides is 2. The van der Waals surface area contributed by atoms with E-state index in [1.807, 2.05) is 10.9 Å². The van der Waals surface area contributed by atoms with Crippen molar-refractivity contribution in [1.29, 1.82) is 0 Å². The molecule has 0 saturated carbocycles. The minimum atomic E-state index is -1.13. The van der Waals surface area contributed by atoms with Crippen LogP contribution in [-0.4, -0.2) is 43.8 Å². The van der Waals surface area contributed by atoms with E-state index >= 15 is 0 Å². The maximum Gasteiger partial charge on any atom is 0.331 e. The molecule has 12 nitrogen and oxygen atoms in total. The monoisotopic (exact) mass is 554 g/mol. The van der Waals surface area contributed by atoms with Gasteiger partial charge in [0.2, 0.25) is 0 Å². The van der Waals surface area contributed by atoms with Crippen molar-refractivity contribution in [3.05, 3.63) is 102 Å². The maximum atomic E-state index is 12.7. The van der Waals surface area contributed by atoms with Crippen molar-refractivity contribution in [1.82, 2.24) is 30.4 Å². The van der Waals surface area contributed by atoms with Crippen LogP contribution in [0.1, 0.15) is 22.5 Å². The predicted octanol–water partition coefficient (Wildman–Crippen LogP) is 2.17. The number of hydrogen-bond donors (Lipinski definition) is 4. The van der Waals surface area contributed by atoms with E-state index in [2.05, 4.69) is 20.4 Å². The Morgan fingerprint density at radius 3 is 1.39 bits per heavy atom. The summed E-state index contributed by atoms with van der Waals surface area (Å²) >= 11 is 11.8. The molecule has 0 fully saturated rings. The van der Waals surface area contributed by atoms with E-state index in [1.165, 1.54) is 9.36 Å². The second kappa shape index (κ2) is 11.2. The van der Waals surface area contributed by atoms with Crippen molar-refractivity contribution in [3.63, 3.8) is 0 Å². The molecule has 0 saturated heterocycles. The maximum absolute atomic E-state index is 12.7. The molecular weight excluding hydrogens is 535 g/mol. The summed E-state index contributed by atoms with van der Waals surface area (Å²) in [7, 11) is 0. The predicted molar refractivity (Wildman–Crippen MR) is 144 cm³/mol. The molecule has 0 aliphatic heterocycles. The van der Waals surface area contributed by atoms with Crippen LogP contribution in [0.2, 0.25) is 10.0 Å². The number of halogens is 2.